The van der Waals surface area contributed by atoms with Crippen molar-refractivity contribution in [2.24, 2.45) is 22.8 Å². The highest BCUT2D eigenvalue weighted by Crippen LogP contribution is 2.35. The summed E-state index contributed by atoms with van der Waals surface area (Å²) in [6.45, 7) is 4.45. The van der Waals surface area contributed by atoms with E-state index < -0.39 is 0 Å². The summed E-state index contributed by atoms with van der Waals surface area (Å²) in [7, 11) is 2.15. The summed E-state index contributed by atoms with van der Waals surface area (Å²) in [5.74, 6) is 0.604. The molecule has 0 aliphatic carbocycles. The van der Waals surface area contributed by atoms with Crippen LogP contribution in [0.15, 0.2) is 0 Å². The van der Waals surface area contributed by atoms with Gasteiger partial charge in [0.15, 0.2) is 0 Å². The molecule has 0 bridgehead atoms. The van der Waals surface area contributed by atoms with Gasteiger partial charge in [0, 0.05) is 24.5 Å². The first-order valence-electron chi connectivity index (χ1n) is 5.40. The molecule has 0 amide bonds. The zero-order valence-corrected chi connectivity index (χ0v) is 8.91. The van der Waals surface area contributed by atoms with E-state index in [1.54, 1.807) is 0 Å². The van der Waals surface area contributed by atoms with Gasteiger partial charge in [-0.15, -0.1) is 0 Å². The molecule has 4 nitrogen and oxygen atoms in total. The Morgan fingerprint density at radius 1 is 1.57 bits per heavy atom. The van der Waals surface area contributed by atoms with Crippen LogP contribution in [0.4, 0.5) is 0 Å². The molecule has 0 spiro atoms. The molecule has 2 heterocycles. The van der Waals surface area contributed by atoms with Crippen LogP contribution in [0.25, 0.3) is 0 Å². The maximum absolute atomic E-state index is 6.31. The van der Waals surface area contributed by atoms with Crippen molar-refractivity contribution in [1.82, 2.24) is 4.90 Å². The number of nitrogens with zero attached hydrogens (tertiary/aromatic N) is 1. The lowest BCUT2D eigenvalue weighted by Gasteiger charge is -2.47. The maximum Gasteiger partial charge on any atom is 0.0572 e. The monoisotopic (exact) mass is 199 g/mol. The maximum atomic E-state index is 6.31. The summed E-state index contributed by atoms with van der Waals surface area (Å²) in [6, 6.07) is 0.214. The topological polar surface area (TPSA) is 64.5 Å². The molecule has 2 rings (SSSR count). The molecule has 2 unspecified atom stereocenters. The van der Waals surface area contributed by atoms with Crippen molar-refractivity contribution >= 4 is 0 Å². The van der Waals surface area contributed by atoms with Crippen LogP contribution in [0.3, 0.4) is 0 Å². The summed E-state index contributed by atoms with van der Waals surface area (Å²) in [5, 5.41) is 0. The first-order valence-corrected chi connectivity index (χ1v) is 5.40. The number of likely N-dealkylation sites (tertiary alicyclic amines) is 1. The zero-order valence-electron chi connectivity index (χ0n) is 8.91. The van der Waals surface area contributed by atoms with Crippen LogP contribution in [0, 0.1) is 11.3 Å². The average molecular weight is 199 g/mol. The Labute approximate surface area is 85.6 Å². The first-order chi connectivity index (χ1) is 6.68. The van der Waals surface area contributed by atoms with Gasteiger partial charge in [0.1, 0.15) is 0 Å². The molecule has 4 heteroatoms. The molecular weight excluding hydrogens is 178 g/mol. The van der Waals surface area contributed by atoms with E-state index in [2.05, 4.69) is 11.9 Å². The summed E-state index contributed by atoms with van der Waals surface area (Å²) in [6.07, 6.45) is 1.21. The predicted molar refractivity (Wildman–Crippen MR) is 55.9 cm³/mol. The van der Waals surface area contributed by atoms with Gasteiger partial charge in [0.25, 0.3) is 0 Å². The summed E-state index contributed by atoms with van der Waals surface area (Å²) >= 11 is 0. The quantitative estimate of drug-likeness (QED) is 0.627. The van der Waals surface area contributed by atoms with Crippen LogP contribution in [-0.2, 0) is 4.74 Å². The fourth-order valence-electron chi connectivity index (χ4n) is 2.57. The summed E-state index contributed by atoms with van der Waals surface area (Å²) in [5.41, 5.74) is 12.2. The van der Waals surface area contributed by atoms with Gasteiger partial charge >= 0.3 is 0 Å². The lowest BCUT2D eigenvalue weighted by Crippen LogP contribution is -2.62. The Kier molecular flexibility index (Phi) is 2.79. The minimum Gasteiger partial charge on any atom is -0.380 e. The zero-order chi connectivity index (χ0) is 10.2. The molecule has 14 heavy (non-hydrogen) atoms. The van der Waals surface area contributed by atoms with Crippen LogP contribution >= 0.6 is 0 Å². The third-order valence-corrected chi connectivity index (χ3v) is 3.83. The highest BCUT2D eigenvalue weighted by molar-refractivity contribution is 5.00. The minimum atomic E-state index is 0.0792. The number of hydrogen-bond donors (Lipinski definition) is 2. The van der Waals surface area contributed by atoms with Crippen molar-refractivity contribution in [2.45, 2.75) is 12.5 Å². The molecule has 2 fully saturated rings. The third kappa shape index (κ3) is 1.56. The lowest BCUT2D eigenvalue weighted by atomic mass is 9.73. The van der Waals surface area contributed by atoms with E-state index >= 15 is 0 Å². The van der Waals surface area contributed by atoms with Crippen LogP contribution in [0.5, 0.6) is 0 Å². The third-order valence-electron chi connectivity index (χ3n) is 3.83. The molecular formula is C10H21N3O. The summed E-state index contributed by atoms with van der Waals surface area (Å²) < 4.78 is 5.26. The van der Waals surface area contributed by atoms with Gasteiger partial charge in [0.05, 0.1) is 13.2 Å². The van der Waals surface area contributed by atoms with Gasteiger partial charge in [-0.25, -0.2) is 0 Å². The second-order valence-electron chi connectivity index (χ2n) is 4.90. The van der Waals surface area contributed by atoms with Gasteiger partial charge in [0.2, 0.25) is 0 Å². The van der Waals surface area contributed by atoms with Gasteiger partial charge < -0.3 is 21.1 Å². The van der Waals surface area contributed by atoms with E-state index in [1.807, 2.05) is 0 Å². The average Bonchev–Trinajstić information content (AvgIpc) is 2.50. The molecule has 2 atom stereocenters. The molecule has 0 saturated carbocycles. The Morgan fingerprint density at radius 3 is 2.64 bits per heavy atom. The van der Waals surface area contributed by atoms with Crippen LogP contribution in [-0.4, -0.2) is 50.8 Å². The van der Waals surface area contributed by atoms with Crippen molar-refractivity contribution in [1.29, 1.82) is 0 Å². The van der Waals surface area contributed by atoms with Crippen molar-refractivity contribution in [3.63, 3.8) is 0 Å². The van der Waals surface area contributed by atoms with Gasteiger partial charge in [-0.3, -0.25) is 0 Å². The largest absolute Gasteiger partial charge is 0.380 e. The van der Waals surface area contributed by atoms with Gasteiger partial charge in [-0.05, 0) is 25.9 Å². The van der Waals surface area contributed by atoms with Crippen molar-refractivity contribution in [3.8, 4) is 0 Å². The van der Waals surface area contributed by atoms with E-state index in [9.17, 15) is 0 Å². The smallest absolute Gasteiger partial charge is 0.0572 e. The van der Waals surface area contributed by atoms with Crippen LogP contribution in [0.1, 0.15) is 6.42 Å². The number of hydrogen-bond acceptors (Lipinski definition) is 4. The number of nitrogens with two attached hydrogens (primary N) is 2. The molecule has 2 aliphatic heterocycles. The van der Waals surface area contributed by atoms with Crippen molar-refractivity contribution < 1.29 is 4.74 Å². The number of ether oxygens (including phenoxy) is 1. The van der Waals surface area contributed by atoms with E-state index in [0.29, 0.717) is 12.5 Å². The van der Waals surface area contributed by atoms with Crippen molar-refractivity contribution in [2.75, 3.05) is 39.9 Å². The molecule has 0 radical (unpaired) electrons. The second kappa shape index (κ2) is 3.77. The fourth-order valence-corrected chi connectivity index (χ4v) is 2.57. The van der Waals surface area contributed by atoms with Gasteiger partial charge in [-0.1, -0.05) is 0 Å². The Hall–Kier alpha value is -0.160. The predicted octanol–water partition coefficient (Wildman–Crippen LogP) is -0.759. The molecule has 0 aromatic carbocycles. The van der Waals surface area contributed by atoms with Crippen molar-refractivity contribution in [3.05, 3.63) is 0 Å². The first kappa shape index (κ1) is 10.4. The van der Waals surface area contributed by atoms with E-state index in [4.69, 9.17) is 16.2 Å². The molecule has 0 aromatic rings. The Morgan fingerprint density at radius 2 is 2.29 bits per heavy atom. The molecule has 82 valence electrons. The Balaban J connectivity index is 1.96. The molecule has 0 aromatic heterocycles. The SMILES string of the molecule is CN1CCC(C(N)C2(CN)COC2)C1. The normalized spacial score (nSPS) is 34.1. The van der Waals surface area contributed by atoms with E-state index in [-0.39, 0.29) is 11.5 Å². The summed E-state index contributed by atoms with van der Waals surface area (Å²) in [4.78, 5) is 2.34. The number of rotatable bonds is 3. The van der Waals surface area contributed by atoms with Gasteiger partial charge in [-0.2, -0.15) is 0 Å². The molecule has 2 saturated heterocycles. The van der Waals surface area contributed by atoms with Crippen LogP contribution in [0.2, 0.25) is 0 Å². The highest BCUT2D eigenvalue weighted by atomic mass is 16.5. The minimum absolute atomic E-state index is 0.0792. The highest BCUT2D eigenvalue weighted by Gasteiger charge is 2.46. The molecule has 4 N–H and O–H groups in total. The second-order valence-corrected chi connectivity index (χ2v) is 4.90. The van der Waals surface area contributed by atoms with E-state index in [1.165, 1.54) is 13.0 Å². The fraction of sp³-hybridized carbons (Fsp3) is 1.00. The standard InChI is InChI=1S/C10H21N3O/c1-13-3-2-8(4-13)9(12)10(5-11)6-14-7-10/h8-9H,2-7,11-12H2,1H3. The Bertz CT molecular complexity index is 200. The van der Waals surface area contributed by atoms with E-state index in [0.717, 1.165) is 19.8 Å². The van der Waals surface area contributed by atoms with Crippen LogP contribution < -0.4 is 11.5 Å². The lowest BCUT2D eigenvalue weighted by molar-refractivity contribution is -0.128. The molecule has 2 aliphatic rings.